The van der Waals surface area contributed by atoms with Gasteiger partial charge in [-0.1, -0.05) is 48.5 Å². The minimum Gasteiger partial charge on any atom is -0.366 e. The Morgan fingerprint density at radius 2 is 0.926 bits per heavy atom. The standard InChI is InChI=1S/C26H23N/c1-14(2)27(15(3)4)21-13-19-10-9-17-6-5-16-7-8-18-11-12-20(21)26-24(18)22(16)23(17)25(19)26/h5-15H,1-4H3. The van der Waals surface area contributed by atoms with E-state index in [0.29, 0.717) is 12.1 Å². The van der Waals surface area contributed by atoms with Crippen molar-refractivity contribution in [1.82, 2.24) is 0 Å². The summed E-state index contributed by atoms with van der Waals surface area (Å²) in [5.74, 6) is 0. The second kappa shape index (κ2) is 4.92. The van der Waals surface area contributed by atoms with Gasteiger partial charge in [0.1, 0.15) is 0 Å². The Hall–Kier alpha value is -2.80. The van der Waals surface area contributed by atoms with Gasteiger partial charge in [0.05, 0.1) is 0 Å². The van der Waals surface area contributed by atoms with Gasteiger partial charge in [-0.25, -0.2) is 0 Å². The van der Waals surface area contributed by atoms with E-state index in [1.165, 1.54) is 59.5 Å². The molecule has 0 saturated heterocycles. The zero-order valence-corrected chi connectivity index (χ0v) is 16.3. The first kappa shape index (κ1) is 15.3. The van der Waals surface area contributed by atoms with E-state index in [4.69, 9.17) is 0 Å². The van der Waals surface area contributed by atoms with Gasteiger partial charge in [0.2, 0.25) is 0 Å². The first-order valence-electron chi connectivity index (χ1n) is 10.0. The highest BCUT2D eigenvalue weighted by molar-refractivity contribution is 6.45. The van der Waals surface area contributed by atoms with Crippen molar-refractivity contribution in [2.24, 2.45) is 0 Å². The lowest BCUT2D eigenvalue weighted by Crippen LogP contribution is -2.37. The van der Waals surface area contributed by atoms with Gasteiger partial charge in [-0.2, -0.15) is 0 Å². The maximum Gasteiger partial charge on any atom is 0.0457 e. The molecule has 6 aromatic rings. The van der Waals surface area contributed by atoms with Gasteiger partial charge in [-0.3, -0.25) is 0 Å². The smallest absolute Gasteiger partial charge is 0.0457 e. The molecule has 0 fully saturated rings. The maximum atomic E-state index is 2.56. The van der Waals surface area contributed by atoms with Crippen molar-refractivity contribution in [3.8, 4) is 0 Å². The Labute approximate surface area is 159 Å². The molecular formula is C26H23N. The van der Waals surface area contributed by atoms with Crippen molar-refractivity contribution < 1.29 is 0 Å². The number of hydrogen-bond donors (Lipinski definition) is 0. The Morgan fingerprint density at radius 3 is 1.44 bits per heavy atom. The van der Waals surface area contributed by atoms with Gasteiger partial charge in [-0.15, -0.1) is 0 Å². The van der Waals surface area contributed by atoms with Crippen LogP contribution in [0.1, 0.15) is 27.7 Å². The van der Waals surface area contributed by atoms with Gasteiger partial charge in [0, 0.05) is 28.5 Å². The molecule has 0 aliphatic rings. The first-order valence-corrected chi connectivity index (χ1v) is 10.0. The molecular weight excluding hydrogens is 326 g/mol. The number of anilines is 1. The van der Waals surface area contributed by atoms with E-state index in [-0.39, 0.29) is 0 Å². The monoisotopic (exact) mass is 349 g/mol. The third-order valence-electron chi connectivity index (χ3n) is 6.39. The van der Waals surface area contributed by atoms with E-state index in [0.717, 1.165) is 0 Å². The van der Waals surface area contributed by atoms with E-state index in [1.54, 1.807) is 0 Å². The lowest BCUT2D eigenvalue weighted by Gasteiger charge is -2.34. The molecule has 0 aliphatic carbocycles. The van der Waals surface area contributed by atoms with Gasteiger partial charge in [0.25, 0.3) is 0 Å². The van der Waals surface area contributed by atoms with Gasteiger partial charge < -0.3 is 4.90 Å². The molecule has 27 heavy (non-hydrogen) atoms. The summed E-state index contributed by atoms with van der Waals surface area (Å²) in [4.78, 5) is 2.56. The molecule has 6 aromatic carbocycles. The topological polar surface area (TPSA) is 3.24 Å². The highest BCUT2D eigenvalue weighted by Crippen LogP contribution is 2.50. The van der Waals surface area contributed by atoms with Gasteiger partial charge in [0.15, 0.2) is 0 Å². The second-order valence-electron chi connectivity index (χ2n) is 8.57. The fourth-order valence-electron chi connectivity index (χ4n) is 5.52. The molecule has 0 aliphatic heterocycles. The molecule has 0 radical (unpaired) electrons. The summed E-state index contributed by atoms with van der Waals surface area (Å²) < 4.78 is 0. The predicted molar refractivity (Wildman–Crippen MR) is 120 cm³/mol. The molecule has 1 nitrogen and oxygen atoms in total. The molecule has 0 unspecified atom stereocenters. The lowest BCUT2D eigenvalue weighted by atomic mass is 9.96. The van der Waals surface area contributed by atoms with Crippen LogP contribution in [-0.2, 0) is 0 Å². The van der Waals surface area contributed by atoms with Crippen LogP contribution < -0.4 is 4.90 Å². The minimum absolute atomic E-state index is 0.462. The normalized spacial score (nSPS) is 13.1. The number of nitrogens with zero attached hydrogens (tertiary/aromatic N) is 1. The quantitative estimate of drug-likeness (QED) is 0.301. The fourth-order valence-corrected chi connectivity index (χ4v) is 5.52. The van der Waals surface area contributed by atoms with Gasteiger partial charge in [-0.05, 0) is 76.9 Å². The third-order valence-corrected chi connectivity index (χ3v) is 6.39. The maximum absolute atomic E-state index is 2.56. The van der Waals surface area contributed by atoms with Crippen molar-refractivity contribution >= 4 is 59.5 Å². The van der Waals surface area contributed by atoms with Crippen LogP contribution in [0, 0.1) is 0 Å². The average Bonchev–Trinajstić information content (AvgIpc) is 3.01. The molecule has 1 heteroatoms. The molecule has 0 bridgehead atoms. The van der Waals surface area contributed by atoms with Crippen molar-refractivity contribution in [3.05, 3.63) is 54.6 Å². The van der Waals surface area contributed by atoms with Crippen LogP contribution in [0.4, 0.5) is 5.69 Å². The number of rotatable bonds is 3. The zero-order valence-electron chi connectivity index (χ0n) is 16.3. The zero-order chi connectivity index (χ0) is 18.4. The van der Waals surface area contributed by atoms with Crippen LogP contribution in [0.5, 0.6) is 0 Å². The Morgan fingerprint density at radius 1 is 0.519 bits per heavy atom. The summed E-state index contributed by atoms with van der Waals surface area (Å²) in [6.45, 7) is 9.19. The van der Waals surface area contributed by atoms with E-state index < -0.39 is 0 Å². The minimum atomic E-state index is 0.462. The van der Waals surface area contributed by atoms with Crippen LogP contribution >= 0.6 is 0 Å². The molecule has 0 spiro atoms. The van der Waals surface area contributed by atoms with E-state index in [2.05, 4.69) is 87.2 Å². The van der Waals surface area contributed by atoms with Crippen LogP contribution in [0.2, 0.25) is 0 Å². The largest absolute Gasteiger partial charge is 0.366 e. The summed E-state index contributed by atoms with van der Waals surface area (Å²) in [5.41, 5.74) is 1.37. The Balaban J connectivity index is 1.93. The highest BCUT2D eigenvalue weighted by Gasteiger charge is 2.24. The third kappa shape index (κ3) is 1.75. The summed E-state index contributed by atoms with van der Waals surface area (Å²) in [5, 5.41) is 14.1. The average molecular weight is 349 g/mol. The molecule has 0 aromatic heterocycles. The Kier molecular flexibility index (Phi) is 2.78. The lowest BCUT2D eigenvalue weighted by molar-refractivity contribution is 0.610. The van der Waals surface area contributed by atoms with E-state index in [9.17, 15) is 0 Å². The number of benzene rings is 5. The van der Waals surface area contributed by atoms with Crippen molar-refractivity contribution in [2.75, 3.05) is 4.90 Å². The van der Waals surface area contributed by atoms with Crippen LogP contribution in [-0.4, -0.2) is 12.1 Å². The summed E-state index contributed by atoms with van der Waals surface area (Å²) in [7, 11) is 0. The fraction of sp³-hybridized carbons (Fsp3) is 0.231. The SMILES string of the molecule is CC(C)N(c1cc2ccc3ccc4ccc5ccc1c1c5c4c3c21)C(C)C. The van der Waals surface area contributed by atoms with Crippen molar-refractivity contribution in [1.29, 1.82) is 0 Å². The van der Waals surface area contributed by atoms with Crippen LogP contribution in [0.15, 0.2) is 54.6 Å². The Bertz CT molecular complexity index is 1370. The molecule has 132 valence electrons. The summed E-state index contributed by atoms with van der Waals surface area (Å²) >= 11 is 0. The molecule has 0 amide bonds. The predicted octanol–water partition coefficient (Wildman–Crippen LogP) is 7.39. The number of hydrogen-bond acceptors (Lipinski definition) is 1. The van der Waals surface area contributed by atoms with Crippen molar-refractivity contribution in [3.63, 3.8) is 0 Å². The molecule has 0 saturated carbocycles. The van der Waals surface area contributed by atoms with Crippen LogP contribution in [0.25, 0.3) is 53.9 Å². The van der Waals surface area contributed by atoms with Crippen molar-refractivity contribution in [2.45, 2.75) is 39.8 Å². The molecule has 0 N–H and O–H groups in total. The van der Waals surface area contributed by atoms with E-state index >= 15 is 0 Å². The first-order chi connectivity index (χ1) is 13.1. The van der Waals surface area contributed by atoms with E-state index in [1.807, 2.05) is 0 Å². The van der Waals surface area contributed by atoms with Crippen LogP contribution in [0.3, 0.4) is 0 Å². The molecule has 6 rings (SSSR count). The summed E-state index contributed by atoms with van der Waals surface area (Å²) in [6, 6.07) is 21.8. The highest BCUT2D eigenvalue weighted by atomic mass is 15.2. The summed E-state index contributed by atoms with van der Waals surface area (Å²) in [6.07, 6.45) is 0. The molecule has 0 atom stereocenters. The second-order valence-corrected chi connectivity index (χ2v) is 8.57. The molecule has 0 heterocycles. The van der Waals surface area contributed by atoms with Gasteiger partial charge >= 0.3 is 0 Å².